The largest absolute Gasteiger partial charge is 0.388 e. The predicted molar refractivity (Wildman–Crippen MR) is 79.3 cm³/mol. The monoisotopic (exact) mass is 357 g/mol. The van der Waals surface area contributed by atoms with E-state index in [9.17, 15) is 5.11 Å². The molecule has 0 bridgehead atoms. The Kier molecular flexibility index (Phi) is 3.70. The second kappa shape index (κ2) is 4.88. The molecule has 2 aliphatic carbocycles. The van der Waals surface area contributed by atoms with Crippen LogP contribution in [0.5, 0.6) is 0 Å². The van der Waals surface area contributed by atoms with Crippen LogP contribution in [0.25, 0.3) is 0 Å². The van der Waals surface area contributed by atoms with Gasteiger partial charge in [0.2, 0.25) is 0 Å². The average molecular weight is 359 g/mol. The van der Waals surface area contributed by atoms with Crippen LogP contribution in [0.15, 0.2) is 12.7 Å². The Labute approximate surface area is 137 Å². The van der Waals surface area contributed by atoms with E-state index in [0.717, 1.165) is 0 Å². The van der Waals surface area contributed by atoms with E-state index < -0.39 is 14.3 Å². The zero-order valence-electron chi connectivity index (χ0n) is 10.6. The summed E-state index contributed by atoms with van der Waals surface area (Å²) >= 11 is 24.3. The number of rotatable bonds is 6. The number of aliphatic hydroxyl groups is 1. The lowest BCUT2D eigenvalue weighted by Gasteiger charge is -2.28. The number of halogens is 4. The van der Waals surface area contributed by atoms with Gasteiger partial charge in [-0.3, -0.25) is 4.68 Å². The summed E-state index contributed by atoms with van der Waals surface area (Å²) in [6.07, 6.45) is 5.45. The molecule has 20 heavy (non-hydrogen) atoms. The normalized spacial score (nSPS) is 32.6. The van der Waals surface area contributed by atoms with Crippen molar-refractivity contribution in [3.63, 3.8) is 0 Å². The lowest BCUT2D eigenvalue weighted by Crippen LogP contribution is -2.36. The van der Waals surface area contributed by atoms with Crippen LogP contribution in [-0.4, -0.2) is 34.1 Å². The second-order valence-electron chi connectivity index (χ2n) is 6.05. The van der Waals surface area contributed by atoms with Crippen LogP contribution in [0.3, 0.4) is 0 Å². The molecule has 1 aromatic rings. The highest BCUT2D eigenvalue weighted by atomic mass is 35.5. The third-order valence-electron chi connectivity index (χ3n) is 4.09. The number of aromatic nitrogens is 3. The molecule has 3 rings (SSSR count). The van der Waals surface area contributed by atoms with Gasteiger partial charge in [-0.05, 0) is 37.5 Å². The fourth-order valence-electron chi connectivity index (χ4n) is 2.73. The van der Waals surface area contributed by atoms with E-state index >= 15 is 0 Å². The van der Waals surface area contributed by atoms with E-state index in [1.807, 2.05) is 0 Å². The second-order valence-corrected chi connectivity index (χ2v) is 9.13. The minimum atomic E-state index is -0.972. The molecule has 112 valence electrons. The van der Waals surface area contributed by atoms with Gasteiger partial charge in [0.05, 0.1) is 12.1 Å². The first-order chi connectivity index (χ1) is 9.20. The van der Waals surface area contributed by atoms with Crippen molar-refractivity contribution in [2.24, 2.45) is 11.8 Å². The summed E-state index contributed by atoms with van der Waals surface area (Å²) in [6, 6.07) is 0. The van der Waals surface area contributed by atoms with Crippen LogP contribution in [0, 0.1) is 11.8 Å². The lowest BCUT2D eigenvalue weighted by atomic mass is 9.90. The Bertz CT molecular complexity index is 467. The Morgan fingerprint density at radius 2 is 1.65 bits per heavy atom. The molecule has 3 atom stereocenters. The molecular formula is C12H15Cl4N3O. The summed E-state index contributed by atoms with van der Waals surface area (Å²) in [4.78, 5) is 3.89. The van der Waals surface area contributed by atoms with Crippen LogP contribution >= 0.6 is 46.4 Å². The van der Waals surface area contributed by atoms with Crippen molar-refractivity contribution in [1.29, 1.82) is 0 Å². The van der Waals surface area contributed by atoms with E-state index in [1.165, 1.54) is 6.33 Å². The maximum Gasteiger partial charge on any atom is 0.137 e. The molecule has 0 amide bonds. The van der Waals surface area contributed by atoms with Gasteiger partial charge in [0.15, 0.2) is 0 Å². The Balaban J connectivity index is 1.68. The summed E-state index contributed by atoms with van der Waals surface area (Å²) in [5, 5.41) is 15.0. The molecule has 0 aromatic carbocycles. The van der Waals surface area contributed by atoms with E-state index in [2.05, 4.69) is 10.1 Å². The first-order valence-electron chi connectivity index (χ1n) is 6.51. The predicted octanol–water partition coefficient (Wildman–Crippen LogP) is 3.18. The SMILES string of the molecule is OC(CC1CC1(Cl)Cl)(C[C@@H]1CC1(Cl)Cl)Cn1cncn1. The topological polar surface area (TPSA) is 50.9 Å². The number of alkyl halides is 4. The quantitative estimate of drug-likeness (QED) is 0.794. The third-order valence-corrected chi connectivity index (χ3v) is 5.94. The van der Waals surface area contributed by atoms with Crippen molar-refractivity contribution in [3.8, 4) is 0 Å². The molecule has 2 saturated carbocycles. The van der Waals surface area contributed by atoms with E-state index in [1.54, 1.807) is 11.0 Å². The summed E-state index contributed by atoms with van der Waals surface area (Å²) in [6.45, 7) is 0.341. The summed E-state index contributed by atoms with van der Waals surface area (Å²) in [7, 11) is 0. The van der Waals surface area contributed by atoms with E-state index in [4.69, 9.17) is 46.4 Å². The molecule has 2 fully saturated rings. The Morgan fingerprint density at radius 1 is 1.15 bits per heavy atom. The number of nitrogens with zero attached hydrogens (tertiary/aromatic N) is 3. The van der Waals surface area contributed by atoms with Gasteiger partial charge in [0, 0.05) is 0 Å². The van der Waals surface area contributed by atoms with E-state index in [-0.39, 0.29) is 11.8 Å². The zero-order valence-corrected chi connectivity index (χ0v) is 13.7. The number of hydrogen-bond acceptors (Lipinski definition) is 3. The van der Waals surface area contributed by atoms with Crippen molar-refractivity contribution >= 4 is 46.4 Å². The average Bonchev–Trinajstić information content (AvgIpc) is 2.98. The van der Waals surface area contributed by atoms with Crippen molar-refractivity contribution < 1.29 is 5.11 Å². The minimum Gasteiger partial charge on any atom is -0.388 e. The van der Waals surface area contributed by atoms with Gasteiger partial charge in [-0.2, -0.15) is 5.10 Å². The van der Waals surface area contributed by atoms with Gasteiger partial charge in [0.25, 0.3) is 0 Å². The van der Waals surface area contributed by atoms with Crippen LogP contribution in [-0.2, 0) is 6.54 Å². The minimum absolute atomic E-state index is 0.0955. The molecule has 2 unspecified atom stereocenters. The molecule has 1 heterocycles. The maximum atomic E-state index is 10.9. The molecule has 1 N–H and O–H groups in total. The third kappa shape index (κ3) is 3.36. The van der Waals surface area contributed by atoms with Crippen molar-refractivity contribution in [1.82, 2.24) is 14.8 Å². The summed E-state index contributed by atoms with van der Waals surface area (Å²) < 4.78 is 0.191. The van der Waals surface area contributed by atoms with Crippen LogP contribution in [0.4, 0.5) is 0 Å². The first-order valence-corrected chi connectivity index (χ1v) is 8.02. The van der Waals surface area contributed by atoms with E-state index in [0.29, 0.717) is 32.2 Å². The van der Waals surface area contributed by atoms with Gasteiger partial charge in [0.1, 0.15) is 21.3 Å². The molecule has 0 radical (unpaired) electrons. The standard InChI is InChI=1S/C12H15Cl4N3O/c13-11(14)3-8(11)1-10(20,2-9-4-12(9,15)16)5-19-7-17-6-18-19/h6-9,20H,1-5H2/t8-,9?,10?/m1/s1. The van der Waals surface area contributed by atoms with Gasteiger partial charge >= 0.3 is 0 Å². The molecule has 0 aliphatic heterocycles. The molecule has 2 aliphatic rings. The van der Waals surface area contributed by atoms with Crippen molar-refractivity contribution in [2.45, 2.75) is 46.5 Å². The van der Waals surface area contributed by atoms with Gasteiger partial charge in [-0.25, -0.2) is 4.98 Å². The highest BCUT2D eigenvalue weighted by Gasteiger charge is 2.58. The molecule has 0 saturated heterocycles. The lowest BCUT2D eigenvalue weighted by molar-refractivity contribution is -0.00758. The molecule has 1 aromatic heterocycles. The molecule has 0 spiro atoms. The fraction of sp³-hybridized carbons (Fsp3) is 0.833. The highest BCUT2D eigenvalue weighted by molar-refractivity contribution is 6.51. The maximum absolute atomic E-state index is 10.9. The van der Waals surface area contributed by atoms with Crippen molar-refractivity contribution in [3.05, 3.63) is 12.7 Å². The number of hydrogen-bond donors (Lipinski definition) is 1. The molecular weight excluding hydrogens is 344 g/mol. The zero-order chi connectivity index (χ0) is 14.6. The summed E-state index contributed by atoms with van der Waals surface area (Å²) in [5.74, 6) is 0.191. The van der Waals surface area contributed by atoms with Gasteiger partial charge in [-0.1, -0.05) is 0 Å². The van der Waals surface area contributed by atoms with Crippen molar-refractivity contribution in [2.75, 3.05) is 0 Å². The Morgan fingerprint density at radius 3 is 2.00 bits per heavy atom. The Hall–Kier alpha value is 0.260. The van der Waals surface area contributed by atoms with Crippen LogP contribution in [0.2, 0.25) is 0 Å². The fourth-order valence-corrected chi connectivity index (χ4v) is 3.78. The highest BCUT2D eigenvalue weighted by Crippen LogP contribution is 2.60. The van der Waals surface area contributed by atoms with Gasteiger partial charge in [-0.15, -0.1) is 46.4 Å². The van der Waals surface area contributed by atoms with Crippen LogP contribution < -0.4 is 0 Å². The molecule has 4 nitrogen and oxygen atoms in total. The van der Waals surface area contributed by atoms with Gasteiger partial charge < -0.3 is 5.11 Å². The van der Waals surface area contributed by atoms with Crippen LogP contribution in [0.1, 0.15) is 25.7 Å². The molecule has 8 heteroatoms. The first kappa shape index (κ1) is 15.2. The smallest absolute Gasteiger partial charge is 0.137 e. The summed E-state index contributed by atoms with van der Waals surface area (Å²) in [5.41, 5.74) is -0.972.